The van der Waals surface area contributed by atoms with Crippen molar-refractivity contribution in [2.45, 2.75) is 12.8 Å². The van der Waals surface area contributed by atoms with Crippen LogP contribution >= 0.6 is 11.6 Å². The van der Waals surface area contributed by atoms with Gasteiger partial charge in [-0.3, -0.25) is 4.79 Å². The van der Waals surface area contributed by atoms with Crippen LogP contribution < -0.4 is 5.32 Å². The van der Waals surface area contributed by atoms with E-state index in [1.54, 1.807) is 0 Å². The molecule has 0 bridgehead atoms. The van der Waals surface area contributed by atoms with Crippen molar-refractivity contribution < 1.29 is 4.79 Å². The number of carbonyl (C=O) groups is 1. The SMILES string of the molecule is O=C(CCl)Nc1ccc2c(c1)CCC=C2. The van der Waals surface area contributed by atoms with Crippen molar-refractivity contribution in [2.75, 3.05) is 11.2 Å². The van der Waals surface area contributed by atoms with Gasteiger partial charge in [0.2, 0.25) is 5.91 Å². The summed E-state index contributed by atoms with van der Waals surface area (Å²) in [5, 5.41) is 2.75. The van der Waals surface area contributed by atoms with Gasteiger partial charge in [-0.1, -0.05) is 18.2 Å². The number of rotatable bonds is 2. The van der Waals surface area contributed by atoms with Gasteiger partial charge in [-0.05, 0) is 36.1 Å². The van der Waals surface area contributed by atoms with Crippen LogP contribution in [0.3, 0.4) is 0 Å². The first-order chi connectivity index (χ1) is 7.29. The maximum atomic E-state index is 11.1. The number of allylic oxidation sites excluding steroid dienone is 1. The summed E-state index contributed by atoms with van der Waals surface area (Å²) < 4.78 is 0. The molecule has 0 spiro atoms. The van der Waals surface area contributed by atoms with E-state index in [2.05, 4.69) is 17.5 Å². The third kappa shape index (κ3) is 2.39. The molecule has 1 aliphatic carbocycles. The summed E-state index contributed by atoms with van der Waals surface area (Å²) in [6.45, 7) is 0. The molecule has 78 valence electrons. The van der Waals surface area contributed by atoms with Crippen molar-refractivity contribution in [3.05, 3.63) is 35.4 Å². The molecule has 0 unspecified atom stereocenters. The van der Waals surface area contributed by atoms with Crippen LogP contribution in [0.2, 0.25) is 0 Å². The van der Waals surface area contributed by atoms with Crippen LogP contribution in [-0.2, 0) is 11.2 Å². The Morgan fingerprint density at radius 1 is 1.47 bits per heavy atom. The van der Waals surface area contributed by atoms with Crippen LogP contribution in [0.15, 0.2) is 24.3 Å². The molecule has 1 aromatic carbocycles. The van der Waals surface area contributed by atoms with Crippen LogP contribution in [-0.4, -0.2) is 11.8 Å². The van der Waals surface area contributed by atoms with E-state index in [1.165, 1.54) is 11.1 Å². The Labute approximate surface area is 93.9 Å². The Bertz CT molecular complexity index is 412. The molecule has 3 heteroatoms. The summed E-state index contributed by atoms with van der Waals surface area (Å²) in [5.74, 6) is -0.167. The Morgan fingerprint density at radius 2 is 2.33 bits per heavy atom. The minimum atomic E-state index is -0.164. The zero-order valence-corrected chi connectivity index (χ0v) is 9.05. The highest BCUT2D eigenvalue weighted by molar-refractivity contribution is 6.29. The average molecular weight is 222 g/mol. The quantitative estimate of drug-likeness (QED) is 0.765. The molecule has 1 N–H and O–H groups in total. The third-order valence-electron chi connectivity index (χ3n) is 2.43. The fourth-order valence-corrected chi connectivity index (χ4v) is 1.77. The van der Waals surface area contributed by atoms with Gasteiger partial charge in [0.15, 0.2) is 0 Å². The molecule has 15 heavy (non-hydrogen) atoms. The number of fused-ring (bicyclic) bond motifs is 1. The molecule has 0 aromatic heterocycles. The molecule has 2 rings (SSSR count). The van der Waals surface area contributed by atoms with Gasteiger partial charge in [0.1, 0.15) is 5.88 Å². The maximum Gasteiger partial charge on any atom is 0.239 e. The topological polar surface area (TPSA) is 29.1 Å². The summed E-state index contributed by atoms with van der Waals surface area (Å²) in [6.07, 6.45) is 6.39. The predicted octanol–water partition coefficient (Wildman–Crippen LogP) is 2.82. The number of hydrogen-bond acceptors (Lipinski definition) is 1. The highest BCUT2D eigenvalue weighted by Gasteiger charge is 2.06. The lowest BCUT2D eigenvalue weighted by Gasteiger charge is -2.12. The number of hydrogen-bond donors (Lipinski definition) is 1. The largest absolute Gasteiger partial charge is 0.325 e. The Hall–Kier alpha value is -1.28. The van der Waals surface area contributed by atoms with E-state index in [0.29, 0.717) is 0 Å². The van der Waals surface area contributed by atoms with E-state index >= 15 is 0 Å². The predicted molar refractivity (Wildman–Crippen MR) is 63.1 cm³/mol. The zero-order valence-electron chi connectivity index (χ0n) is 8.29. The van der Waals surface area contributed by atoms with Crippen LogP contribution in [0.1, 0.15) is 17.5 Å². The lowest BCUT2D eigenvalue weighted by Crippen LogP contribution is -2.12. The molecule has 0 fully saturated rings. The van der Waals surface area contributed by atoms with Gasteiger partial charge in [0, 0.05) is 5.69 Å². The molecule has 1 aromatic rings. The monoisotopic (exact) mass is 221 g/mol. The number of alkyl halides is 1. The molecule has 1 aliphatic rings. The van der Waals surface area contributed by atoms with E-state index in [4.69, 9.17) is 11.6 Å². The highest BCUT2D eigenvalue weighted by Crippen LogP contribution is 2.22. The van der Waals surface area contributed by atoms with Crippen molar-refractivity contribution in [3.8, 4) is 0 Å². The van der Waals surface area contributed by atoms with Gasteiger partial charge >= 0.3 is 0 Å². The van der Waals surface area contributed by atoms with E-state index in [-0.39, 0.29) is 11.8 Å². The lowest BCUT2D eigenvalue weighted by molar-refractivity contribution is -0.113. The standard InChI is InChI=1S/C12H12ClNO/c13-8-12(15)14-11-6-5-9-3-1-2-4-10(9)7-11/h1,3,5-7H,2,4,8H2,(H,14,15). The fraction of sp³-hybridized carbons (Fsp3) is 0.250. The molecule has 0 heterocycles. The molecular weight excluding hydrogens is 210 g/mol. The van der Waals surface area contributed by atoms with E-state index in [0.717, 1.165) is 18.5 Å². The second-order valence-electron chi connectivity index (χ2n) is 3.54. The van der Waals surface area contributed by atoms with Crippen LogP contribution in [0.5, 0.6) is 0 Å². The van der Waals surface area contributed by atoms with Gasteiger partial charge in [-0.25, -0.2) is 0 Å². The molecular formula is C12H12ClNO. The van der Waals surface area contributed by atoms with Gasteiger partial charge in [-0.15, -0.1) is 11.6 Å². The van der Waals surface area contributed by atoms with E-state index in [9.17, 15) is 4.79 Å². The minimum Gasteiger partial charge on any atom is -0.325 e. The molecule has 0 radical (unpaired) electrons. The highest BCUT2D eigenvalue weighted by atomic mass is 35.5. The molecule has 1 amide bonds. The maximum absolute atomic E-state index is 11.1. The number of aryl methyl sites for hydroxylation is 1. The van der Waals surface area contributed by atoms with Gasteiger partial charge in [0.25, 0.3) is 0 Å². The van der Waals surface area contributed by atoms with Gasteiger partial charge < -0.3 is 5.32 Å². The number of amides is 1. The van der Waals surface area contributed by atoms with Crippen molar-refractivity contribution in [1.82, 2.24) is 0 Å². The second kappa shape index (κ2) is 4.49. The third-order valence-corrected chi connectivity index (χ3v) is 2.67. The molecule has 0 aliphatic heterocycles. The van der Waals surface area contributed by atoms with Crippen LogP contribution in [0.4, 0.5) is 5.69 Å². The number of halogens is 1. The summed E-state index contributed by atoms with van der Waals surface area (Å²) in [7, 11) is 0. The first-order valence-corrected chi connectivity index (χ1v) is 5.48. The summed E-state index contributed by atoms with van der Waals surface area (Å²) in [4.78, 5) is 11.1. The first kappa shape index (κ1) is 10.2. The zero-order chi connectivity index (χ0) is 10.7. The van der Waals surface area contributed by atoms with Crippen molar-refractivity contribution in [1.29, 1.82) is 0 Å². The average Bonchev–Trinajstić information content (AvgIpc) is 2.29. The van der Waals surface area contributed by atoms with Crippen molar-refractivity contribution in [3.63, 3.8) is 0 Å². The number of anilines is 1. The van der Waals surface area contributed by atoms with E-state index < -0.39 is 0 Å². The first-order valence-electron chi connectivity index (χ1n) is 4.95. The summed E-state index contributed by atoms with van der Waals surface area (Å²) in [6, 6.07) is 5.94. The number of nitrogens with one attached hydrogen (secondary N) is 1. The lowest BCUT2D eigenvalue weighted by atomic mass is 9.97. The number of carbonyl (C=O) groups excluding carboxylic acids is 1. The molecule has 0 saturated carbocycles. The fourth-order valence-electron chi connectivity index (χ4n) is 1.71. The Kier molecular flexibility index (Phi) is 3.07. The van der Waals surface area contributed by atoms with E-state index in [1.807, 2.05) is 18.2 Å². The van der Waals surface area contributed by atoms with Gasteiger partial charge in [-0.2, -0.15) is 0 Å². The smallest absolute Gasteiger partial charge is 0.239 e. The van der Waals surface area contributed by atoms with Crippen LogP contribution in [0, 0.1) is 0 Å². The van der Waals surface area contributed by atoms with Gasteiger partial charge in [0.05, 0.1) is 0 Å². The molecule has 0 saturated heterocycles. The second-order valence-corrected chi connectivity index (χ2v) is 3.80. The minimum absolute atomic E-state index is 0.00299. The summed E-state index contributed by atoms with van der Waals surface area (Å²) >= 11 is 5.42. The normalized spacial score (nSPS) is 13.4. The number of benzene rings is 1. The van der Waals surface area contributed by atoms with Crippen molar-refractivity contribution >= 4 is 29.3 Å². The summed E-state index contributed by atoms with van der Waals surface area (Å²) in [5.41, 5.74) is 3.35. The Morgan fingerprint density at radius 3 is 3.13 bits per heavy atom. The Balaban J connectivity index is 2.21. The molecule has 0 atom stereocenters. The molecule has 2 nitrogen and oxygen atoms in total. The van der Waals surface area contributed by atoms with Crippen molar-refractivity contribution in [2.24, 2.45) is 0 Å². The van der Waals surface area contributed by atoms with Crippen LogP contribution in [0.25, 0.3) is 6.08 Å².